The van der Waals surface area contributed by atoms with Crippen LogP contribution < -0.4 is 10.6 Å². The lowest BCUT2D eigenvalue weighted by atomic mass is 10.0. The van der Waals surface area contributed by atoms with E-state index in [2.05, 4.69) is 73.6 Å². The fourth-order valence-electron chi connectivity index (χ4n) is 2.85. The molecule has 1 aromatic carbocycles. The van der Waals surface area contributed by atoms with Crippen LogP contribution in [0.2, 0.25) is 0 Å². The summed E-state index contributed by atoms with van der Waals surface area (Å²) < 4.78 is 1.19. The molecule has 3 heteroatoms. The van der Waals surface area contributed by atoms with E-state index in [1.54, 1.807) is 0 Å². The number of nitrogens with zero attached hydrogens (tertiary/aromatic N) is 1. The number of nitrogens with two attached hydrogens (primary N) is 1. The molecular weight excluding hydrogens is 324 g/mol. The number of rotatable bonds is 8. The molecule has 0 aromatic heterocycles. The minimum absolute atomic E-state index is 0.202. The van der Waals surface area contributed by atoms with Crippen LogP contribution in [0.15, 0.2) is 22.7 Å². The van der Waals surface area contributed by atoms with Gasteiger partial charge in [-0.15, -0.1) is 0 Å². The van der Waals surface area contributed by atoms with Gasteiger partial charge < -0.3 is 10.6 Å². The molecule has 0 saturated heterocycles. The van der Waals surface area contributed by atoms with Crippen molar-refractivity contribution in [3.05, 3.63) is 28.2 Å². The predicted molar refractivity (Wildman–Crippen MR) is 98.0 cm³/mol. The minimum atomic E-state index is 0.202. The van der Waals surface area contributed by atoms with Crippen LogP contribution in [0.4, 0.5) is 5.69 Å². The standard InChI is InChI=1S/C18H31BrN2/c1-6-16(7-2)21(12-13(3)4)18-9-8-15(10-14(5)20)11-17(18)19/h8-9,11,13-14,16H,6-7,10,12,20H2,1-5H3. The highest BCUT2D eigenvalue weighted by atomic mass is 79.9. The molecule has 0 aliphatic rings. The van der Waals surface area contributed by atoms with Gasteiger partial charge in [0, 0.05) is 23.1 Å². The molecule has 21 heavy (non-hydrogen) atoms. The van der Waals surface area contributed by atoms with Gasteiger partial charge >= 0.3 is 0 Å². The monoisotopic (exact) mass is 354 g/mol. The first kappa shape index (κ1) is 18.5. The first-order valence-corrected chi connectivity index (χ1v) is 8.98. The molecule has 0 saturated carbocycles. The molecule has 2 nitrogen and oxygen atoms in total. The number of anilines is 1. The van der Waals surface area contributed by atoms with Gasteiger partial charge in [-0.3, -0.25) is 0 Å². The van der Waals surface area contributed by atoms with E-state index >= 15 is 0 Å². The summed E-state index contributed by atoms with van der Waals surface area (Å²) in [6.07, 6.45) is 3.28. The zero-order valence-corrected chi connectivity index (χ0v) is 15.8. The average Bonchev–Trinajstić information content (AvgIpc) is 2.38. The SMILES string of the molecule is CCC(CC)N(CC(C)C)c1ccc(CC(C)N)cc1Br. The van der Waals surface area contributed by atoms with E-state index in [1.807, 2.05) is 0 Å². The molecule has 2 N–H and O–H groups in total. The van der Waals surface area contributed by atoms with E-state index in [0.29, 0.717) is 12.0 Å². The molecule has 0 amide bonds. The number of hydrogen-bond acceptors (Lipinski definition) is 2. The molecule has 0 fully saturated rings. The van der Waals surface area contributed by atoms with Crippen molar-refractivity contribution in [1.29, 1.82) is 0 Å². The summed E-state index contributed by atoms with van der Waals surface area (Å²) in [5.41, 5.74) is 8.52. The van der Waals surface area contributed by atoms with E-state index < -0.39 is 0 Å². The second-order valence-electron chi connectivity index (χ2n) is 6.48. The molecule has 0 bridgehead atoms. The van der Waals surface area contributed by atoms with Gasteiger partial charge in [-0.2, -0.15) is 0 Å². The molecule has 1 aromatic rings. The van der Waals surface area contributed by atoms with Crippen molar-refractivity contribution in [1.82, 2.24) is 0 Å². The zero-order valence-electron chi connectivity index (χ0n) is 14.2. The normalized spacial score (nSPS) is 13.0. The van der Waals surface area contributed by atoms with Gasteiger partial charge in [0.2, 0.25) is 0 Å². The molecule has 120 valence electrons. The maximum absolute atomic E-state index is 5.90. The van der Waals surface area contributed by atoms with Crippen LogP contribution in [0.3, 0.4) is 0 Å². The fraction of sp³-hybridized carbons (Fsp3) is 0.667. The van der Waals surface area contributed by atoms with Gasteiger partial charge in [0.05, 0.1) is 5.69 Å². The van der Waals surface area contributed by atoms with Crippen molar-refractivity contribution in [2.24, 2.45) is 11.7 Å². The Balaban J connectivity index is 3.06. The number of hydrogen-bond donors (Lipinski definition) is 1. The first-order valence-electron chi connectivity index (χ1n) is 8.19. The van der Waals surface area contributed by atoms with Crippen LogP contribution in [0.25, 0.3) is 0 Å². The van der Waals surface area contributed by atoms with Crippen molar-refractivity contribution in [2.45, 2.75) is 66.0 Å². The molecule has 1 rings (SSSR count). The summed E-state index contributed by atoms with van der Waals surface area (Å²) in [7, 11) is 0. The Morgan fingerprint density at radius 3 is 2.19 bits per heavy atom. The summed E-state index contributed by atoms with van der Waals surface area (Å²) in [6, 6.07) is 7.51. The van der Waals surface area contributed by atoms with Crippen molar-refractivity contribution < 1.29 is 0 Å². The van der Waals surface area contributed by atoms with Gasteiger partial charge in [-0.1, -0.05) is 33.8 Å². The third-order valence-electron chi connectivity index (χ3n) is 3.82. The Bertz CT molecular complexity index is 425. The van der Waals surface area contributed by atoms with Crippen molar-refractivity contribution >= 4 is 21.6 Å². The highest BCUT2D eigenvalue weighted by Crippen LogP contribution is 2.31. The molecular formula is C18H31BrN2. The largest absolute Gasteiger partial charge is 0.367 e. The third kappa shape index (κ3) is 5.63. The average molecular weight is 355 g/mol. The Labute approximate surface area is 139 Å². The number of halogens is 1. The maximum atomic E-state index is 5.90. The highest BCUT2D eigenvalue weighted by molar-refractivity contribution is 9.10. The van der Waals surface area contributed by atoms with E-state index in [-0.39, 0.29) is 6.04 Å². The lowest BCUT2D eigenvalue weighted by Gasteiger charge is -2.35. The van der Waals surface area contributed by atoms with Crippen LogP contribution in [-0.2, 0) is 6.42 Å². The van der Waals surface area contributed by atoms with Crippen LogP contribution in [0.5, 0.6) is 0 Å². The number of benzene rings is 1. The van der Waals surface area contributed by atoms with Crippen molar-refractivity contribution in [3.8, 4) is 0 Å². The Morgan fingerprint density at radius 1 is 1.14 bits per heavy atom. The van der Waals surface area contributed by atoms with Gasteiger partial charge in [-0.05, 0) is 65.7 Å². The van der Waals surface area contributed by atoms with Crippen LogP contribution in [0, 0.1) is 5.92 Å². The molecule has 1 atom stereocenters. The Kier molecular flexibility index (Phi) is 7.75. The topological polar surface area (TPSA) is 29.3 Å². The second-order valence-corrected chi connectivity index (χ2v) is 7.34. The van der Waals surface area contributed by atoms with Gasteiger partial charge in [0.25, 0.3) is 0 Å². The van der Waals surface area contributed by atoms with Gasteiger partial charge in [0.15, 0.2) is 0 Å². The van der Waals surface area contributed by atoms with E-state index in [9.17, 15) is 0 Å². The van der Waals surface area contributed by atoms with E-state index in [0.717, 1.165) is 13.0 Å². The lowest BCUT2D eigenvalue weighted by molar-refractivity contribution is 0.507. The molecule has 0 radical (unpaired) electrons. The van der Waals surface area contributed by atoms with Gasteiger partial charge in [-0.25, -0.2) is 0 Å². The summed E-state index contributed by atoms with van der Waals surface area (Å²) in [6.45, 7) is 12.3. The van der Waals surface area contributed by atoms with Crippen molar-refractivity contribution in [2.75, 3.05) is 11.4 Å². The van der Waals surface area contributed by atoms with Crippen LogP contribution in [0.1, 0.15) is 53.0 Å². The minimum Gasteiger partial charge on any atom is -0.367 e. The summed E-state index contributed by atoms with van der Waals surface area (Å²) in [5, 5.41) is 0. The fourth-order valence-corrected chi connectivity index (χ4v) is 3.50. The molecule has 1 unspecified atom stereocenters. The zero-order chi connectivity index (χ0) is 16.0. The Hall–Kier alpha value is -0.540. The lowest BCUT2D eigenvalue weighted by Crippen LogP contribution is -2.37. The van der Waals surface area contributed by atoms with E-state index in [1.165, 1.54) is 28.6 Å². The third-order valence-corrected chi connectivity index (χ3v) is 4.46. The molecule has 0 aliphatic carbocycles. The van der Waals surface area contributed by atoms with Gasteiger partial charge in [0.1, 0.15) is 0 Å². The molecule has 0 heterocycles. The quantitative estimate of drug-likeness (QED) is 0.712. The second kappa shape index (κ2) is 8.79. The van der Waals surface area contributed by atoms with Crippen LogP contribution >= 0.6 is 15.9 Å². The van der Waals surface area contributed by atoms with Crippen molar-refractivity contribution in [3.63, 3.8) is 0 Å². The molecule has 0 aliphatic heterocycles. The highest BCUT2D eigenvalue weighted by Gasteiger charge is 2.19. The summed E-state index contributed by atoms with van der Waals surface area (Å²) in [5.74, 6) is 0.654. The molecule has 0 spiro atoms. The summed E-state index contributed by atoms with van der Waals surface area (Å²) in [4.78, 5) is 2.56. The van der Waals surface area contributed by atoms with Crippen LogP contribution in [-0.4, -0.2) is 18.6 Å². The Morgan fingerprint density at radius 2 is 1.76 bits per heavy atom. The maximum Gasteiger partial charge on any atom is 0.0513 e. The predicted octanol–water partition coefficient (Wildman–Crippen LogP) is 4.99. The van der Waals surface area contributed by atoms with E-state index in [4.69, 9.17) is 5.73 Å². The summed E-state index contributed by atoms with van der Waals surface area (Å²) >= 11 is 3.77. The smallest absolute Gasteiger partial charge is 0.0513 e. The first-order chi connectivity index (χ1) is 9.88.